The number of halogens is 1. The molecule has 0 amide bonds. The van der Waals surface area contributed by atoms with Gasteiger partial charge in [0.2, 0.25) is 0 Å². The Hall–Kier alpha value is -1.78. The van der Waals surface area contributed by atoms with Gasteiger partial charge in [-0.2, -0.15) is 0 Å². The van der Waals surface area contributed by atoms with Crippen LogP contribution < -0.4 is 0 Å². The SMILES string of the molecule is OC1(c2ccncc2F)CC2CCC(C1)N2Cc1ccccc1. The fraction of sp³-hybridized carbons (Fsp3) is 0.421. The molecule has 3 heterocycles. The third kappa shape index (κ3) is 2.66. The van der Waals surface area contributed by atoms with Crippen LogP contribution in [-0.2, 0) is 12.1 Å². The first-order valence-electron chi connectivity index (χ1n) is 8.28. The normalized spacial score (nSPS) is 30.5. The van der Waals surface area contributed by atoms with E-state index in [0.29, 0.717) is 30.5 Å². The number of aromatic nitrogens is 1. The van der Waals surface area contributed by atoms with Gasteiger partial charge in [-0.3, -0.25) is 9.88 Å². The van der Waals surface area contributed by atoms with Crippen LogP contribution in [0, 0.1) is 5.82 Å². The molecule has 2 fully saturated rings. The maximum absolute atomic E-state index is 14.1. The van der Waals surface area contributed by atoms with Gasteiger partial charge in [-0.15, -0.1) is 0 Å². The lowest BCUT2D eigenvalue weighted by atomic mass is 9.80. The Bertz CT molecular complexity index is 677. The van der Waals surface area contributed by atoms with E-state index in [1.807, 2.05) is 6.07 Å². The van der Waals surface area contributed by atoms with Crippen LogP contribution in [-0.4, -0.2) is 27.1 Å². The summed E-state index contributed by atoms with van der Waals surface area (Å²) < 4.78 is 14.1. The highest BCUT2D eigenvalue weighted by atomic mass is 19.1. The highest BCUT2D eigenvalue weighted by molar-refractivity contribution is 5.25. The van der Waals surface area contributed by atoms with E-state index < -0.39 is 11.4 Å². The van der Waals surface area contributed by atoms with Crippen LogP contribution >= 0.6 is 0 Å². The van der Waals surface area contributed by atoms with E-state index in [1.54, 1.807) is 12.3 Å². The average Bonchev–Trinajstić information content (AvgIpc) is 2.80. The molecule has 4 rings (SSSR count). The Labute approximate surface area is 135 Å². The summed E-state index contributed by atoms with van der Waals surface area (Å²) in [7, 11) is 0. The van der Waals surface area contributed by atoms with Gasteiger partial charge in [-0.05, 0) is 37.3 Å². The topological polar surface area (TPSA) is 36.4 Å². The van der Waals surface area contributed by atoms with Crippen molar-refractivity contribution in [3.63, 3.8) is 0 Å². The fourth-order valence-corrected chi connectivity index (χ4v) is 4.34. The second-order valence-corrected chi connectivity index (χ2v) is 6.84. The van der Waals surface area contributed by atoms with Gasteiger partial charge in [0, 0.05) is 30.4 Å². The van der Waals surface area contributed by atoms with E-state index in [9.17, 15) is 9.50 Å². The minimum Gasteiger partial charge on any atom is -0.385 e. The molecule has 0 spiro atoms. The molecule has 0 aliphatic carbocycles. The molecule has 2 bridgehead atoms. The van der Waals surface area contributed by atoms with E-state index >= 15 is 0 Å². The predicted octanol–water partition coefficient (Wildman–Crippen LogP) is 3.24. The summed E-state index contributed by atoms with van der Waals surface area (Å²) in [4.78, 5) is 6.29. The third-order valence-corrected chi connectivity index (χ3v) is 5.40. The van der Waals surface area contributed by atoms with Crippen LogP contribution in [0.15, 0.2) is 48.8 Å². The molecule has 2 saturated heterocycles. The molecule has 1 aromatic carbocycles. The van der Waals surface area contributed by atoms with Crippen LogP contribution in [0.2, 0.25) is 0 Å². The molecular weight excluding hydrogens is 291 g/mol. The lowest BCUT2D eigenvalue weighted by Gasteiger charge is -2.44. The summed E-state index contributed by atoms with van der Waals surface area (Å²) in [6.45, 7) is 0.908. The quantitative estimate of drug-likeness (QED) is 0.945. The largest absolute Gasteiger partial charge is 0.385 e. The summed E-state index contributed by atoms with van der Waals surface area (Å²) in [6, 6.07) is 12.7. The van der Waals surface area contributed by atoms with Crippen LogP contribution in [0.4, 0.5) is 4.39 Å². The molecule has 1 aromatic heterocycles. The van der Waals surface area contributed by atoms with E-state index in [0.717, 1.165) is 19.4 Å². The van der Waals surface area contributed by atoms with Gasteiger partial charge in [0.1, 0.15) is 5.82 Å². The number of aliphatic hydroxyl groups is 1. The summed E-state index contributed by atoms with van der Waals surface area (Å²) in [5, 5.41) is 11.1. The standard InChI is InChI=1S/C19H21FN2O/c20-18-12-21-9-8-17(18)19(23)10-15-6-7-16(11-19)22(15)13-14-4-2-1-3-5-14/h1-5,8-9,12,15-16,23H,6-7,10-11,13H2. The molecule has 2 aliphatic rings. The Morgan fingerprint density at radius 1 is 1.13 bits per heavy atom. The number of benzene rings is 1. The molecule has 0 radical (unpaired) electrons. The predicted molar refractivity (Wildman–Crippen MR) is 86.1 cm³/mol. The zero-order chi connectivity index (χ0) is 15.9. The summed E-state index contributed by atoms with van der Waals surface area (Å²) in [5.74, 6) is -0.397. The molecule has 23 heavy (non-hydrogen) atoms. The van der Waals surface area contributed by atoms with Crippen molar-refractivity contribution in [1.82, 2.24) is 9.88 Å². The molecular formula is C19H21FN2O. The number of piperidine rings is 1. The van der Waals surface area contributed by atoms with Crippen molar-refractivity contribution in [3.8, 4) is 0 Å². The maximum Gasteiger partial charge on any atom is 0.147 e. The number of nitrogens with zero attached hydrogens (tertiary/aromatic N) is 2. The zero-order valence-electron chi connectivity index (χ0n) is 13.0. The molecule has 0 saturated carbocycles. The van der Waals surface area contributed by atoms with E-state index in [-0.39, 0.29) is 0 Å². The molecule has 120 valence electrons. The highest BCUT2D eigenvalue weighted by Crippen LogP contribution is 2.46. The minimum absolute atomic E-state index is 0.312. The van der Waals surface area contributed by atoms with Crippen molar-refractivity contribution in [3.05, 3.63) is 65.7 Å². The van der Waals surface area contributed by atoms with Crippen LogP contribution in [0.3, 0.4) is 0 Å². The summed E-state index contributed by atoms with van der Waals surface area (Å²) >= 11 is 0. The lowest BCUT2D eigenvalue weighted by Crippen LogP contribution is -2.49. The zero-order valence-corrected chi connectivity index (χ0v) is 13.0. The molecule has 2 aliphatic heterocycles. The number of hydrogen-bond donors (Lipinski definition) is 1. The second-order valence-electron chi connectivity index (χ2n) is 6.84. The first kappa shape index (κ1) is 14.8. The van der Waals surface area contributed by atoms with Gasteiger partial charge >= 0.3 is 0 Å². The Balaban J connectivity index is 1.57. The van der Waals surface area contributed by atoms with Crippen molar-refractivity contribution >= 4 is 0 Å². The van der Waals surface area contributed by atoms with Crippen LogP contribution in [0.1, 0.15) is 36.8 Å². The molecule has 4 heteroatoms. The van der Waals surface area contributed by atoms with Gasteiger partial charge in [0.25, 0.3) is 0 Å². The van der Waals surface area contributed by atoms with Crippen molar-refractivity contribution in [2.75, 3.05) is 0 Å². The van der Waals surface area contributed by atoms with Gasteiger partial charge in [0.05, 0.1) is 11.8 Å². The third-order valence-electron chi connectivity index (χ3n) is 5.40. The van der Waals surface area contributed by atoms with Crippen molar-refractivity contribution in [1.29, 1.82) is 0 Å². The number of hydrogen-bond acceptors (Lipinski definition) is 3. The van der Waals surface area contributed by atoms with Gasteiger partial charge in [0.15, 0.2) is 0 Å². The first-order chi connectivity index (χ1) is 11.2. The highest BCUT2D eigenvalue weighted by Gasteiger charge is 2.48. The van der Waals surface area contributed by atoms with Crippen molar-refractivity contribution in [2.24, 2.45) is 0 Å². The van der Waals surface area contributed by atoms with Crippen molar-refractivity contribution < 1.29 is 9.50 Å². The number of rotatable bonds is 3. The molecule has 2 atom stereocenters. The molecule has 3 nitrogen and oxygen atoms in total. The molecule has 2 aromatic rings. The Morgan fingerprint density at radius 3 is 2.48 bits per heavy atom. The van der Waals surface area contributed by atoms with E-state index in [1.165, 1.54) is 11.8 Å². The number of fused-ring (bicyclic) bond motifs is 2. The lowest BCUT2D eigenvalue weighted by molar-refractivity contribution is -0.0616. The van der Waals surface area contributed by atoms with Crippen LogP contribution in [0.25, 0.3) is 0 Å². The average molecular weight is 312 g/mol. The van der Waals surface area contributed by atoms with Gasteiger partial charge in [-0.25, -0.2) is 4.39 Å². The van der Waals surface area contributed by atoms with Crippen LogP contribution in [0.5, 0.6) is 0 Å². The Morgan fingerprint density at radius 2 is 1.83 bits per heavy atom. The smallest absolute Gasteiger partial charge is 0.147 e. The molecule has 1 N–H and O–H groups in total. The second kappa shape index (κ2) is 5.69. The first-order valence-corrected chi connectivity index (χ1v) is 8.28. The summed E-state index contributed by atoms with van der Waals surface area (Å²) in [5.41, 5.74) is 0.639. The number of pyridine rings is 1. The van der Waals surface area contributed by atoms with E-state index in [4.69, 9.17) is 0 Å². The Kier molecular flexibility index (Phi) is 3.66. The fourth-order valence-electron chi connectivity index (χ4n) is 4.34. The monoisotopic (exact) mass is 312 g/mol. The van der Waals surface area contributed by atoms with E-state index in [2.05, 4.69) is 34.1 Å². The minimum atomic E-state index is -1.06. The summed E-state index contributed by atoms with van der Waals surface area (Å²) in [6.07, 6.45) is 6.10. The molecule has 2 unspecified atom stereocenters. The van der Waals surface area contributed by atoms with Gasteiger partial charge in [-0.1, -0.05) is 30.3 Å². The maximum atomic E-state index is 14.1. The van der Waals surface area contributed by atoms with Crippen molar-refractivity contribution in [2.45, 2.75) is 49.9 Å². The van der Waals surface area contributed by atoms with Gasteiger partial charge < -0.3 is 5.11 Å².